The number of aryl methyl sites for hydroxylation is 1. The maximum Gasteiger partial charge on any atom is 0.231 e. The smallest absolute Gasteiger partial charge is 0.231 e. The molecule has 1 aliphatic heterocycles. The molecule has 1 aliphatic rings. The third kappa shape index (κ3) is 2.03. The lowest BCUT2D eigenvalue weighted by Gasteiger charge is -2.10. The van der Waals surface area contributed by atoms with E-state index in [0.717, 1.165) is 33.9 Å². The van der Waals surface area contributed by atoms with Gasteiger partial charge in [-0.25, -0.2) is 9.97 Å². The summed E-state index contributed by atoms with van der Waals surface area (Å²) in [5, 5.41) is 4.28. The Balaban J connectivity index is 1.80. The van der Waals surface area contributed by atoms with Gasteiger partial charge < -0.3 is 14.8 Å². The van der Waals surface area contributed by atoms with Crippen LogP contribution in [0.15, 0.2) is 42.7 Å². The first-order valence-corrected chi connectivity index (χ1v) is 6.68. The third-order valence-electron chi connectivity index (χ3n) is 3.44. The third-order valence-corrected chi connectivity index (χ3v) is 3.44. The van der Waals surface area contributed by atoms with Crippen LogP contribution in [0.3, 0.4) is 0 Å². The first kappa shape index (κ1) is 12.0. The van der Waals surface area contributed by atoms with E-state index < -0.39 is 0 Å². The maximum atomic E-state index is 5.50. The molecule has 0 atom stereocenters. The molecule has 4 rings (SSSR count). The van der Waals surface area contributed by atoms with Crippen molar-refractivity contribution < 1.29 is 9.47 Å². The van der Waals surface area contributed by atoms with Crippen LogP contribution in [0.25, 0.3) is 10.9 Å². The van der Waals surface area contributed by atoms with Gasteiger partial charge in [-0.1, -0.05) is 12.1 Å². The lowest BCUT2D eigenvalue weighted by Crippen LogP contribution is -1.98. The van der Waals surface area contributed by atoms with Crippen molar-refractivity contribution in [3.8, 4) is 11.5 Å². The summed E-state index contributed by atoms with van der Waals surface area (Å²) in [6.45, 7) is 2.29. The lowest BCUT2D eigenvalue weighted by molar-refractivity contribution is 0.174. The van der Waals surface area contributed by atoms with Gasteiger partial charge in [0.15, 0.2) is 11.5 Å². The summed E-state index contributed by atoms with van der Waals surface area (Å²) in [4.78, 5) is 8.65. The van der Waals surface area contributed by atoms with E-state index in [2.05, 4.69) is 15.3 Å². The molecule has 1 N–H and O–H groups in total. The highest BCUT2D eigenvalue weighted by Crippen LogP contribution is 2.40. The zero-order valence-electron chi connectivity index (χ0n) is 11.5. The molecule has 0 saturated heterocycles. The molecular formula is C16H13N3O2. The van der Waals surface area contributed by atoms with E-state index in [0.29, 0.717) is 0 Å². The number of para-hydroxylation sites is 1. The molecule has 5 nitrogen and oxygen atoms in total. The number of fused-ring (bicyclic) bond motifs is 2. The van der Waals surface area contributed by atoms with Crippen LogP contribution < -0.4 is 14.8 Å². The van der Waals surface area contributed by atoms with Crippen molar-refractivity contribution in [3.05, 3.63) is 48.3 Å². The van der Waals surface area contributed by atoms with E-state index in [4.69, 9.17) is 9.47 Å². The molecule has 2 aromatic carbocycles. The number of nitrogens with one attached hydrogen (secondary N) is 1. The minimum Gasteiger partial charge on any atom is -0.454 e. The monoisotopic (exact) mass is 279 g/mol. The number of hydrogen-bond donors (Lipinski definition) is 1. The van der Waals surface area contributed by atoms with Crippen LogP contribution in [0.1, 0.15) is 5.56 Å². The SMILES string of the molecule is Cc1ccc2c(Nc3cccc4c3OCO4)ncnc2c1. The van der Waals surface area contributed by atoms with Crippen molar-refractivity contribution in [2.45, 2.75) is 6.92 Å². The van der Waals surface area contributed by atoms with E-state index in [9.17, 15) is 0 Å². The van der Waals surface area contributed by atoms with Crippen molar-refractivity contribution in [2.24, 2.45) is 0 Å². The van der Waals surface area contributed by atoms with Gasteiger partial charge >= 0.3 is 0 Å². The highest BCUT2D eigenvalue weighted by atomic mass is 16.7. The van der Waals surface area contributed by atoms with Gasteiger partial charge in [0, 0.05) is 5.39 Å². The molecule has 0 radical (unpaired) electrons. The highest BCUT2D eigenvalue weighted by molar-refractivity contribution is 5.91. The second-order valence-electron chi connectivity index (χ2n) is 4.91. The Hall–Kier alpha value is -2.82. The second-order valence-corrected chi connectivity index (χ2v) is 4.91. The Labute approximate surface area is 121 Å². The van der Waals surface area contributed by atoms with Gasteiger partial charge in [0.1, 0.15) is 12.1 Å². The predicted molar refractivity (Wildman–Crippen MR) is 80.1 cm³/mol. The van der Waals surface area contributed by atoms with Crippen molar-refractivity contribution in [1.82, 2.24) is 9.97 Å². The Morgan fingerprint density at radius 2 is 2.05 bits per heavy atom. The van der Waals surface area contributed by atoms with Crippen LogP contribution in [-0.2, 0) is 0 Å². The van der Waals surface area contributed by atoms with Crippen LogP contribution in [0.5, 0.6) is 11.5 Å². The Kier molecular flexibility index (Phi) is 2.64. The van der Waals surface area contributed by atoms with E-state index in [1.807, 2.05) is 43.3 Å². The van der Waals surface area contributed by atoms with E-state index in [1.54, 1.807) is 6.33 Å². The molecule has 2 heterocycles. The molecule has 104 valence electrons. The number of hydrogen-bond acceptors (Lipinski definition) is 5. The lowest BCUT2D eigenvalue weighted by atomic mass is 10.1. The topological polar surface area (TPSA) is 56.3 Å². The molecule has 0 aliphatic carbocycles. The quantitative estimate of drug-likeness (QED) is 0.779. The van der Waals surface area contributed by atoms with Gasteiger partial charge in [0.25, 0.3) is 0 Å². The summed E-state index contributed by atoms with van der Waals surface area (Å²) < 4.78 is 10.9. The first-order chi connectivity index (χ1) is 10.3. The van der Waals surface area contributed by atoms with Crippen LogP contribution in [0, 0.1) is 6.92 Å². The van der Waals surface area contributed by atoms with Crippen molar-refractivity contribution >= 4 is 22.4 Å². The molecular weight excluding hydrogens is 266 g/mol. The zero-order valence-corrected chi connectivity index (χ0v) is 11.5. The largest absolute Gasteiger partial charge is 0.454 e. The van der Waals surface area contributed by atoms with Gasteiger partial charge in [-0.05, 0) is 36.8 Å². The van der Waals surface area contributed by atoms with Crippen molar-refractivity contribution in [1.29, 1.82) is 0 Å². The average molecular weight is 279 g/mol. The second kappa shape index (κ2) is 4.63. The van der Waals surface area contributed by atoms with E-state index >= 15 is 0 Å². The summed E-state index contributed by atoms with van der Waals surface area (Å²) >= 11 is 0. The summed E-state index contributed by atoms with van der Waals surface area (Å²) in [6.07, 6.45) is 1.56. The summed E-state index contributed by atoms with van der Waals surface area (Å²) in [5.41, 5.74) is 2.92. The van der Waals surface area contributed by atoms with Crippen LogP contribution >= 0.6 is 0 Å². The van der Waals surface area contributed by atoms with Gasteiger partial charge in [0.05, 0.1) is 11.2 Å². The summed E-state index contributed by atoms with van der Waals surface area (Å²) in [7, 11) is 0. The van der Waals surface area contributed by atoms with Gasteiger partial charge in [0.2, 0.25) is 6.79 Å². The maximum absolute atomic E-state index is 5.50. The van der Waals surface area contributed by atoms with Gasteiger partial charge in [-0.3, -0.25) is 0 Å². The molecule has 0 unspecified atom stereocenters. The molecule has 0 amide bonds. The van der Waals surface area contributed by atoms with Crippen LogP contribution in [0.4, 0.5) is 11.5 Å². The van der Waals surface area contributed by atoms with E-state index in [1.165, 1.54) is 5.56 Å². The fraction of sp³-hybridized carbons (Fsp3) is 0.125. The number of anilines is 2. The fourth-order valence-electron chi connectivity index (χ4n) is 2.42. The number of ether oxygens (including phenoxy) is 2. The highest BCUT2D eigenvalue weighted by Gasteiger charge is 2.18. The van der Waals surface area contributed by atoms with Gasteiger partial charge in [-0.15, -0.1) is 0 Å². The number of nitrogens with zero attached hydrogens (tertiary/aromatic N) is 2. The normalized spacial score (nSPS) is 12.6. The number of rotatable bonds is 2. The number of aromatic nitrogens is 2. The summed E-state index contributed by atoms with van der Waals surface area (Å²) in [6, 6.07) is 11.9. The number of benzene rings is 2. The molecule has 5 heteroatoms. The molecule has 0 spiro atoms. The molecule has 21 heavy (non-hydrogen) atoms. The Morgan fingerprint density at radius 3 is 3.00 bits per heavy atom. The average Bonchev–Trinajstić information content (AvgIpc) is 2.97. The molecule has 3 aromatic rings. The minimum atomic E-state index is 0.248. The fourth-order valence-corrected chi connectivity index (χ4v) is 2.42. The van der Waals surface area contributed by atoms with Crippen LogP contribution in [-0.4, -0.2) is 16.8 Å². The Bertz CT molecular complexity index is 833. The van der Waals surface area contributed by atoms with Crippen LogP contribution in [0.2, 0.25) is 0 Å². The van der Waals surface area contributed by atoms with Crippen molar-refractivity contribution in [3.63, 3.8) is 0 Å². The summed E-state index contributed by atoms with van der Waals surface area (Å²) in [5.74, 6) is 2.22. The zero-order chi connectivity index (χ0) is 14.2. The predicted octanol–water partition coefficient (Wildman–Crippen LogP) is 3.41. The molecule has 0 saturated carbocycles. The molecule has 0 bridgehead atoms. The first-order valence-electron chi connectivity index (χ1n) is 6.68. The van der Waals surface area contributed by atoms with Crippen molar-refractivity contribution in [2.75, 3.05) is 12.1 Å². The van der Waals surface area contributed by atoms with E-state index in [-0.39, 0.29) is 6.79 Å². The standard InChI is InChI=1S/C16H13N3O2/c1-10-5-6-11-13(7-10)17-8-18-16(11)19-12-3-2-4-14-15(12)21-9-20-14/h2-8H,9H2,1H3,(H,17,18,19). The molecule has 0 fully saturated rings. The Morgan fingerprint density at radius 1 is 1.10 bits per heavy atom. The minimum absolute atomic E-state index is 0.248. The van der Waals surface area contributed by atoms with Gasteiger partial charge in [-0.2, -0.15) is 0 Å². The molecule has 1 aromatic heterocycles.